The van der Waals surface area contributed by atoms with Gasteiger partial charge in [0.2, 0.25) is 0 Å². The van der Waals surface area contributed by atoms with E-state index in [9.17, 15) is 14.3 Å². The lowest BCUT2D eigenvalue weighted by Gasteiger charge is -2.36. The topological polar surface area (TPSA) is 81.9 Å². The Morgan fingerprint density at radius 3 is 2.95 bits per heavy atom. The minimum Gasteiger partial charge on any atom is -0.465 e. The van der Waals surface area contributed by atoms with Crippen molar-refractivity contribution in [2.75, 3.05) is 5.75 Å². The summed E-state index contributed by atoms with van der Waals surface area (Å²) in [6.07, 6.45) is -0.889. The first-order chi connectivity index (χ1) is 10.0. The smallest absolute Gasteiger partial charge is 0.410 e. The molecule has 3 rings (SSSR count). The fourth-order valence-corrected chi connectivity index (χ4v) is 4.38. The molecule has 0 spiro atoms. The zero-order valence-electron chi connectivity index (χ0n) is 11.1. The molecular weight excluding hydrogens is 295 g/mol. The molecule has 5 nitrogen and oxygen atoms in total. The Balaban J connectivity index is 2.08. The molecule has 1 fully saturated rings. The van der Waals surface area contributed by atoms with E-state index in [1.165, 1.54) is 17.8 Å². The summed E-state index contributed by atoms with van der Waals surface area (Å²) >= 11 is 1.29. The van der Waals surface area contributed by atoms with Gasteiger partial charge in [-0.25, -0.2) is 9.18 Å². The highest BCUT2D eigenvalue weighted by Gasteiger charge is 2.51. The van der Waals surface area contributed by atoms with Crippen molar-refractivity contribution in [3.05, 3.63) is 35.6 Å². The average molecular weight is 310 g/mol. The van der Waals surface area contributed by atoms with Crippen LogP contribution in [-0.4, -0.2) is 33.3 Å². The monoisotopic (exact) mass is 310 g/mol. The molecule has 3 N–H and O–H groups in total. The number of halogens is 1. The number of thioether (sulfide) groups is 1. The lowest BCUT2D eigenvalue weighted by atomic mass is 9.81. The molecule has 21 heavy (non-hydrogen) atoms. The normalized spacial score (nSPS) is 31.4. The number of rotatable bonds is 1. The summed E-state index contributed by atoms with van der Waals surface area (Å²) in [6.45, 7) is 0. The molecule has 1 aromatic carbocycles. The highest BCUT2D eigenvalue weighted by molar-refractivity contribution is 8.13. The molecule has 7 heteroatoms. The van der Waals surface area contributed by atoms with E-state index in [-0.39, 0.29) is 16.9 Å². The molecule has 1 saturated carbocycles. The summed E-state index contributed by atoms with van der Waals surface area (Å²) in [4.78, 5) is 15.3. The Morgan fingerprint density at radius 1 is 1.48 bits per heavy atom. The van der Waals surface area contributed by atoms with Gasteiger partial charge in [0.1, 0.15) is 5.82 Å². The summed E-state index contributed by atoms with van der Waals surface area (Å²) in [7, 11) is 0. The van der Waals surface area contributed by atoms with Crippen LogP contribution < -0.4 is 5.32 Å². The third-order valence-electron chi connectivity index (χ3n) is 4.06. The van der Waals surface area contributed by atoms with Crippen molar-refractivity contribution in [2.24, 2.45) is 10.9 Å². The van der Waals surface area contributed by atoms with Crippen LogP contribution in [0.5, 0.6) is 0 Å². The molecule has 3 atom stereocenters. The lowest BCUT2D eigenvalue weighted by Crippen LogP contribution is -2.40. The van der Waals surface area contributed by atoms with Gasteiger partial charge >= 0.3 is 6.09 Å². The van der Waals surface area contributed by atoms with Gasteiger partial charge in [-0.1, -0.05) is 30.0 Å². The van der Waals surface area contributed by atoms with E-state index in [0.29, 0.717) is 24.2 Å². The van der Waals surface area contributed by atoms with E-state index >= 15 is 0 Å². The van der Waals surface area contributed by atoms with Crippen LogP contribution in [0.2, 0.25) is 0 Å². The molecule has 0 radical (unpaired) electrons. The van der Waals surface area contributed by atoms with Crippen LogP contribution in [0.3, 0.4) is 0 Å². The largest absolute Gasteiger partial charge is 0.465 e. The number of amidine groups is 1. The number of nitrogens with one attached hydrogen (secondary N) is 1. The van der Waals surface area contributed by atoms with Gasteiger partial charge in [0.15, 0.2) is 5.17 Å². The summed E-state index contributed by atoms with van der Waals surface area (Å²) < 4.78 is 14.2. The molecule has 0 unspecified atom stereocenters. The van der Waals surface area contributed by atoms with Gasteiger partial charge < -0.3 is 10.2 Å². The predicted octanol–water partition coefficient (Wildman–Crippen LogP) is 2.16. The maximum Gasteiger partial charge on any atom is 0.410 e. The average Bonchev–Trinajstić information content (AvgIpc) is 2.74. The Labute approximate surface area is 125 Å². The van der Waals surface area contributed by atoms with Crippen LogP contribution in [0.25, 0.3) is 0 Å². The van der Waals surface area contributed by atoms with Crippen molar-refractivity contribution in [2.45, 2.75) is 24.5 Å². The maximum atomic E-state index is 14.2. The second-order valence-electron chi connectivity index (χ2n) is 5.35. The van der Waals surface area contributed by atoms with E-state index in [0.717, 1.165) is 0 Å². The van der Waals surface area contributed by atoms with Crippen molar-refractivity contribution < 1.29 is 19.4 Å². The van der Waals surface area contributed by atoms with Crippen molar-refractivity contribution >= 4 is 23.0 Å². The summed E-state index contributed by atoms with van der Waals surface area (Å²) in [5.74, 6) is 0.223. The van der Waals surface area contributed by atoms with E-state index in [1.807, 2.05) is 0 Å². The third kappa shape index (κ3) is 2.51. The number of carbonyl (C=O) groups is 1. The van der Waals surface area contributed by atoms with Gasteiger partial charge in [0, 0.05) is 23.7 Å². The molecule has 1 aliphatic heterocycles. The maximum absolute atomic E-state index is 14.2. The van der Waals surface area contributed by atoms with E-state index in [1.54, 1.807) is 18.2 Å². The summed E-state index contributed by atoms with van der Waals surface area (Å²) in [5, 5.41) is 21.4. The molecule has 0 saturated heterocycles. The standard InChI is InChI=1S/C14H15FN2O3S/c15-11-4-2-1-3-10(11)14-6-9(18)5-8(14)7-21-12(17-14)16-13(19)20/h1-4,8-9,18H,5-7H2,(H,16,17)(H,19,20)/t8-,9-,14-/m0/s1. The minimum absolute atomic E-state index is 0.00579. The Hall–Kier alpha value is -1.60. The van der Waals surface area contributed by atoms with Gasteiger partial charge in [0.05, 0.1) is 11.6 Å². The van der Waals surface area contributed by atoms with Crippen LogP contribution in [0.4, 0.5) is 9.18 Å². The first-order valence-corrected chi connectivity index (χ1v) is 7.65. The van der Waals surface area contributed by atoms with Crippen molar-refractivity contribution in [3.63, 3.8) is 0 Å². The quantitative estimate of drug-likeness (QED) is 0.742. The first-order valence-electron chi connectivity index (χ1n) is 6.67. The number of amides is 1. The number of fused-ring (bicyclic) bond motifs is 1. The number of aliphatic hydroxyl groups excluding tert-OH is 1. The minimum atomic E-state index is -1.19. The Kier molecular flexibility index (Phi) is 3.62. The van der Waals surface area contributed by atoms with Crippen molar-refractivity contribution in [3.8, 4) is 0 Å². The zero-order chi connectivity index (χ0) is 15.0. The van der Waals surface area contributed by atoms with Crippen molar-refractivity contribution in [1.29, 1.82) is 0 Å². The van der Waals surface area contributed by atoms with Crippen LogP contribution in [-0.2, 0) is 5.54 Å². The molecule has 0 aromatic heterocycles. The SMILES string of the molecule is O=C(O)NC1=N[C@@]2(c3ccccc3F)C[C@@H](O)C[C@H]2CS1. The first kappa shape index (κ1) is 14.3. The number of carboxylic acid groups (broad SMARTS) is 1. The van der Waals surface area contributed by atoms with Crippen molar-refractivity contribution in [1.82, 2.24) is 5.32 Å². The number of aliphatic imine (C=N–C) groups is 1. The van der Waals surface area contributed by atoms with E-state index in [4.69, 9.17) is 5.11 Å². The molecule has 1 heterocycles. The van der Waals surface area contributed by atoms with Crippen LogP contribution in [0.1, 0.15) is 18.4 Å². The van der Waals surface area contributed by atoms with Gasteiger partial charge in [-0.05, 0) is 12.5 Å². The number of aliphatic hydroxyl groups is 1. The Morgan fingerprint density at radius 2 is 2.24 bits per heavy atom. The molecule has 0 bridgehead atoms. The number of hydrogen-bond donors (Lipinski definition) is 3. The second-order valence-corrected chi connectivity index (χ2v) is 6.36. The predicted molar refractivity (Wildman–Crippen MR) is 77.9 cm³/mol. The fourth-order valence-electron chi connectivity index (χ4n) is 3.23. The van der Waals surface area contributed by atoms with Gasteiger partial charge in [-0.2, -0.15) is 0 Å². The summed E-state index contributed by atoms with van der Waals surface area (Å²) in [6, 6.07) is 6.37. The van der Waals surface area contributed by atoms with Gasteiger partial charge in [-0.15, -0.1) is 0 Å². The molecule has 112 valence electrons. The molecule has 1 aliphatic carbocycles. The molecule has 1 aromatic rings. The van der Waals surface area contributed by atoms with E-state index < -0.39 is 17.7 Å². The number of nitrogens with zero attached hydrogens (tertiary/aromatic N) is 1. The molecule has 2 aliphatic rings. The molecular formula is C14H15FN2O3S. The highest BCUT2D eigenvalue weighted by Crippen LogP contribution is 2.51. The molecule has 1 amide bonds. The van der Waals surface area contributed by atoms with Gasteiger partial charge in [0.25, 0.3) is 0 Å². The Bertz CT molecular complexity index is 610. The zero-order valence-corrected chi connectivity index (χ0v) is 11.9. The number of benzene rings is 1. The van der Waals surface area contributed by atoms with E-state index in [2.05, 4.69) is 10.3 Å². The number of hydrogen-bond acceptors (Lipinski definition) is 4. The third-order valence-corrected chi connectivity index (χ3v) is 5.09. The lowest BCUT2D eigenvalue weighted by molar-refractivity contribution is 0.173. The van der Waals surface area contributed by atoms with Crippen LogP contribution in [0.15, 0.2) is 29.3 Å². The second kappa shape index (κ2) is 5.31. The summed E-state index contributed by atoms with van der Waals surface area (Å²) in [5.41, 5.74) is -0.454. The highest BCUT2D eigenvalue weighted by atomic mass is 32.2. The fraction of sp³-hybridized carbons (Fsp3) is 0.429. The van der Waals surface area contributed by atoms with Gasteiger partial charge in [-0.3, -0.25) is 10.3 Å². The van der Waals surface area contributed by atoms with Crippen LogP contribution in [0, 0.1) is 11.7 Å². The van der Waals surface area contributed by atoms with Crippen LogP contribution >= 0.6 is 11.8 Å².